The zero-order chi connectivity index (χ0) is 16.9. The summed E-state index contributed by atoms with van der Waals surface area (Å²) in [4.78, 5) is 29.4. The molecule has 8 nitrogen and oxygen atoms in total. The van der Waals surface area contributed by atoms with E-state index in [0.29, 0.717) is 12.4 Å². The third-order valence-corrected chi connectivity index (χ3v) is 4.96. The molecule has 1 saturated heterocycles. The molecule has 3 rings (SSSR count). The largest absolute Gasteiger partial charge is 0.363 e. The Morgan fingerprint density at radius 1 is 1.25 bits per heavy atom. The van der Waals surface area contributed by atoms with Crippen molar-refractivity contribution in [1.29, 1.82) is 0 Å². The van der Waals surface area contributed by atoms with Gasteiger partial charge in [0.1, 0.15) is 0 Å². The fourth-order valence-electron chi connectivity index (χ4n) is 3.67. The van der Waals surface area contributed by atoms with E-state index in [2.05, 4.69) is 20.4 Å². The van der Waals surface area contributed by atoms with Crippen LogP contribution in [-0.4, -0.2) is 46.5 Å². The molecule has 1 aromatic rings. The first-order chi connectivity index (χ1) is 11.6. The normalized spacial score (nSPS) is 22.1. The van der Waals surface area contributed by atoms with Crippen molar-refractivity contribution >= 4 is 11.8 Å². The van der Waals surface area contributed by atoms with E-state index in [1.807, 2.05) is 0 Å². The Morgan fingerprint density at radius 3 is 2.75 bits per heavy atom. The number of carbonyl (C=O) groups excluding carboxylic acids is 2. The van der Waals surface area contributed by atoms with Gasteiger partial charge in [0.2, 0.25) is 11.8 Å². The van der Waals surface area contributed by atoms with E-state index in [1.54, 1.807) is 0 Å². The Morgan fingerprint density at radius 2 is 2.04 bits per heavy atom. The maximum atomic E-state index is 12.0. The van der Waals surface area contributed by atoms with Crippen LogP contribution in [0.5, 0.6) is 0 Å². The van der Waals surface area contributed by atoms with Crippen molar-refractivity contribution in [3.8, 4) is 0 Å². The maximum Gasteiger partial charge on any atom is 0.290 e. The third-order valence-electron chi connectivity index (χ3n) is 4.96. The van der Waals surface area contributed by atoms with Crippen molar-refractivity contribution in [1.82, 2.24) is 20.4 Å². The molecule has 3 N–H and O–H groups in total. The summed E-state index contributed by atoms with van der Waals surface area (Å²) in [5, 5.41) is 6.66. The van der Waals surface area contributed by atoms with Gasteiger partial charge in [0.15, 0.2) is 0 Å². The lowest BCUT2D eigenvalue weighted by Crippen LogP contribution is -2.33. The number of likely N-dealkylation sites (tertiary alicyclic amines) is 1. The van der Waals surface area contributed by atoms with Crippen LogP contribution in [0.1, 0.15) is 67.5 Å². The molecule has 1 aromatic heterocycles. The average Bonchev–Trinajstić information content (AvgIpc) is 3.32. The quantitative estimate of drug-likeness (QED) is 0.719. The third kappa shape index (κ3) is 3.92. The fraction of sp³-hybridized carbons (Fsp3) is 0.750. The minimum absolute atomic E-state index is 0.0381. The van der Waals surface area contributed by atoms with E-state index < -0.39 is 5.91 Å². The first-order valence-electron chi connectivity index (χ1n) is 8.80. The molecule has 0 unspecified atom stereocenters. The number of amides is 2. The molecule has 132 valence electrons. The van der Waals surface area contributed by atoms with E-state index in [4.69, 9.17) is 10.3 Å². The highest BCUT2D eigenvalue weighted by atomic mass is 16.5. The van der Waals surface area contributed by atoms with Crippen LogP contribution in [0.4, 0.5) is 0 Å². The first-order valence-corrected chi connectivity index (χ1v) is 8.80. The van der Waals surface area contributed by atoms with E-state index in [9.17, 15) is 9.59 Å². The lowest BCUT2D eigenvalue weighted by molar-refractivity contribution is -0.124. The molecule has 2 fully saturated rings. The molecule has 2 heterocycles. The minimum Gasteiger partial charge on any atom is -0.363 e. The number of aromatic nitrogens is 2. The van der Waals surface area contributed by atoms with Gasteiger partial charge in [0.05, 0.1) is 6.04 Å². The molecule has 2 amide bonds. The number of carbonyl (C=O) groups is 2. The summed E-state index contributed by atoms with van der Waals surface area (Å²) in [5.41, 5.74) is 5.16. The van der Waals surface area contributed by atoms with Gasteiger partial charge in [-0.05, 0) is 38.6 Å². The highest BCUT2D eigenvalue weighted by Crippen LogP contribution is 2.30. The van der Waals surface area contributed by atoms with Gasteiger partial charge >= 0.3 is 0 Å². The number of nitrogens with one attached hydrogen (secondary N) is 1. The van der Waals surface area contributed by atoms with Crippen molar-refractivity contribution < 1.29 is 14.1 Å². The zero-order valence-electron chi connectivity index (χ0n) is 13.9. The summed E-state index contributed by atoms with van der Waals surface area (Å²) in [6.07, 6.45) is 7.25. The lowest BCUT2D eigenvalue weighted by Gasteiger charge is -2.21. The van der Waals surface area contributed by atoms with Crippen molar-refractivity contribution in [2.75, 3.05) is 19.6 Å². The number of rotatable bonds is 7. The molecule has 24 heavy (non-hydrogen) atoms. The zero-order valence-corrected chi connectivity index (χ0v) is 13.9. The van der Waals surface area contributed by atoms with Gasteiger partial charge in [-0.1, -0.05) is 18.0 Å². The second kappa shape index (κ2) is 7.74. The molecule has 1 atom stereocenters. The molecule has 1 aliphatic carbocycles. The first kappa shape index (κ1) is 16.9. The van der Waals surface area contributed by atoms with Crippen molar-refractivity contribution in [3.63, 3.8) is 0 Å². The number of nitrogens with zero attached hydrogens (tertiary/aromatic N) is 3. The molecular weight excluding hydrogens is 310 g/mol. The van der Waals surface area contributed by atoms with Crippen LogP contribution in [0, 0.1) is 5.92 Å². The fourth-order valence-corrected chi connectivity index (χ4v) is 3.67. The summed E-state index contributed by atoms with van der Waals surface area (Å²) >= 11 is 0. The summed E-state index contributed by atoms with van der Waals surface area (Å²) in [6, 6.07) is 0.0381. The van der Waals surface area contributed by atoms with Gasteiger partial charge < -0.3 is 15.6 Å². The molecule has 0 spiro atoms. The SMILES string of the molecule is NC(=O)c1noc([C@@H]2CCCN2CCCNC(=O)C2CCCC2)n1. The molecule has 1 aliphatic heterocycles. The smallest absolute Gasteiger partial charge is 0.290 e. The minimum atomic E-state index is -0.677. The van der Waals surface area contributed by atoms with Gasteiger partial charge in [0, 0.05) is 19.0 Å². The monoisotopic (exact) mass is 335 g/mol. The van der Waals surface area contributed by atoms with Gasteiger partial charge in [-0.2, -0.15) is 4.98 Å². The van der Waals surface area contributed by atoms with Crippen LogP contribution >= 0.6 is 0 Å². The van der Waals surface area contributed by atoms with E-state index in [1.165, 1.54) is 12.8 Å². The van der Waals surface area contributed by atoms with Crippen LogP contribution in [0.3, 0.4) is 0 Å². The Bertz CT molecular complexity index is 582. The average molecular weight is 335 g/mol. The lowest BCUT2D eigenvalue weighted by atomic mass is 10.1. The molecule has 0 bridgehead atoms. The Hall–Kier alpha value is -1.96. The number of hydrogen-bond acceptors (Lipinski definition) is 6. The molecule has 0 aromatic carbocycles. The van der Waals surface area contributed by atoms with Crippen molar-refractivity contribution in [2.24, 2.45) is 11.7 Å². The summed E-state index contributed by atoms with van der Waals surface area (Å²) in [7, 11) is 0. The Kier molecular flexibility index (Phi) is 5.44. The van der Waals surface area contributed by atoms with Crippen LogP contribution in [0.15, 0.2) is 4.52 Å². The maximum absolute atomic E-state index is 12.0. The number of hydrogen-bond donors (Lipinski definition) is 2. The topological polar surface area (TPSA) is 114 Å². The van der Waals surface area contributed by atoms with Crippen LogP contribution < -0.4 is 11.1 Å². The van der Waals surface area contributed by atoms with E-state index in [0.717, 1.165) is 45.2 Å². The van der Waals surface area contributed by atoms with Crippen molar-refractivity contribution in [2.45, 2.75) is 51.0 Å². The van der Waals surface area contributed by atoms with E-state index >= 15 is 0 Å². The number of primary amides is 1. The predicted molar refractivity (Wildman–Crippen MR) is 85.9 cm³/mol. The predicted octanol–water partition coefficient (Wildman–Crippen LogP) is 1.00. The van der Waals surface area contributed by atoms with Gasteiger partial charge in [-0.25, -0.2) is 0 Å². The number of nitrogens with two attached hydrogens (primary N) is 1. The van der Waals surface area contributed by atoms with Crippen molar-refractivity contribution in [3.05, 3.63) is 11.7 Å². The standard InChI is InChI=1S/C16H25N5O3/c17-13(22)14-19-16(24-20-14)12-7-3-9-21(12)10-4-8-18-15(23)11-5-1-2-6-11/h11-12H,1-10H2,(H2,17,22)(H,18,23)/t12-/m0/s1. The second-order valence-electron chi connectivity index (χ2n) is 6.64. The van der Waals surface area contributed by atoms with Crippen LogP contribution in [-0.2, 0) is 4.79 Å². The van der Waals surface area contributed by atoms with Gasteiger partial charge in [0.25, 0.3) is 11.7 Å². The Labute approximate surface area is 141 Å². The molecule has 2 aliphatic rings. The molecule has 0 radical (unpaired) electrons. The van der Waals surface area contributed by atoms with Crippen LogP contribution in [0.2, 0.25) is 0 Å². The molecular formula is C16H25N5O3. The van der Waals surface area contributed by atoms with Gasteiger partial charge in [-0.3, -0.25) is 14.5 Å². The molecule has 8 heteroatoms. The Balaban J connectivity index is 1.44. The molecule has 1 saturated carbocycles. The summed E-state index contributed by atoms with van der Waals surface area (Å²) < 4.78 is 5.18. The van der Waals surface area contributed by atoms with Gasteiger partial charge in [-0.15, -0.1) is 0 Å². The van der Waals surface area contributed by atoms with Crippen LogP contribution in [0.25, 0.3) is 0 Å². The summed E-state index contributed by atoms with van der Waals surface area (Å²) in [6.45, 7) is 2.49. The second-order valence-corrected chi connectivity index (χ2v) is 6.64. The summed E-state index contributed by atoms with van der Waals surface area (Å²) in [5.74, 6) is 0.129. The van der Waals surface area contributed by atoms with E-state index in [-0.39, 0.29) is 23.7 Å². The highest BCUT2D eigenvalue weighted by molar-refractivity contribution is 5.88. The highest BCUT2D eigenvalue weighted by Gasteiger charge is 2.31.